The maximum Gasteiger partial charge on any atom is 0.417 e. The molecule has 2 aromatic carbocycles. The molecule has 156 valence electrons. The van der Waals surface area contributed by atoms with Gasteiger partial charge in [0.2, 0.25) is 0 Å². The molecule has 31 heavy (non-hydrogen) atoms. The Morgan fingerprint density at radius 3 is 2.45 bits per heavy atom. The number of alkyl halides is 3. The number of benzene rings is 2. The Morgan fingerprint density at radius 2 is 1.74 bits per heavy atom. The third kappa shape index (κ3) is 4.30. The van der Waals surface area contributed by atoms with Crippen molar-refractivity contribution in [3.63, 3.8) is 0 Å². The van der Waals surface area contributed by atoms with E-state index in [0.717, 1.165) is 23.0 Å². The molecule has 0 aliphatic carbocycles. The fourth-order valence-corrected chi connectivity index (χ4v) is 3.31. The van der Waals surface area contributed by atoms with Crippen molar-refractivity contribution < 1.29 is 13.2 Å². The molecule has 2 heterocycles. The van der Waals surface area contributed by atoms with Gasteiger partial charge in [-0.3, -0.25) is 9.78 Å². The molecule has 0 bridgehead atoms. The van der Waals surface area contributed by atoms with Crippen LogP contribution in [0.3, 0.4) is 0 Å². The van der Waals surface area contributed by atoms with Crippen LogP contribution in [0.5, 0.6) is 0 Å². The summed E-state index contributed by atoms with van der Waals surface area (Å²) < 4.78 is 40.4. The van der Waals surface area contributed by atoms with Crippen LogP contribution in [0.25, 0.3) is 22.3 Å². The van der Waals surface area contributed by atoms with E-state index in [2.05, 4.69) is 15.1 Å². The number of fused-ring (bicyclic) bond motifs is 1. The van der Waals surface area contributed by atoms with Gasteiger partial charge in [-0.15, -0.1) is 0 Å². The topological polar surface area (TPSA) is 60.1 Å². The standard InChI is InChI=1S/C21H11Cl2F3N4O/c22-14-2-4-18-15(10-14)20(31)30(19(29-18)13-5-7-27-8-6-13)28-11-12-1-3-17(23)16(9-12)21(24,25)26/h1-11H. The van der Waals surface area contributed by atoms with Gasteiger partial charge in [-0.05, 0) is 48.0 Å². The lowest BCUT2D eigenvalue weighted by Crippen LogP contribution is -2.20. The molecule has 0 unspecified atom stereocenters. The van der Waals surface area contributed by atoms with Crippen LogP contribution < -0.4 is 5.56 Å². The summed E-state index contributed by atoms with van der Waals surface area (Å²) in [6.07, 6.45) is -0.441. The quantitative estimate of drug-likeness (QED) is 0.368. The molecule has 0 N–H and O–H groups in total. The van der Waals surface area contributed by atoms with E-state index < -0.39 is 22.3 Å². The molecule has 0 aliphatic rings. The second-order valence-corrected chi connectivity index (χ2v) is 7.27. The lowest BCUT2D eigenvalue weighted by atomic mass is 10.1. The van der Waals surface area contributed by atoms with E-state index in [0.29, 0.717) is 16.1 Å². The lowest BCUT2D eigenvalue weighted by Gasteiger charge is -2.10. The average molecular weight is 463 g/mol. The smallest absolute Gasteiger partial charge is 0.267 e. The molecule has 0 spiro atoms. The minimum absolute atomic E-state index is 0.107. The van der Waals surface area contributed by atoms with Gasteiger partial charge in [0, 0.05) is 23.0 Å². The summed E-state index contributed by atoms with van der Waals surface area (Å²) in [4.78, 5) is 21.5. The third-order valence-corrected chi connectivity index (χ3v) is 4.93. The van der Waals surface area contributed by atoms with E-state index in [-0.39, 0.29) is 16.8 Å². The predicted octanol–water partition coefficient (Wildman–Crippen LogP) is 5.67. The van der Waals surface area contributed by atoms with E-state index in [1.807, 2.05) is 0 Å². The second kappa shape index (κ2) is 8.13. The largest absolute Gasteiger partial charge is 0.417 e. The minimum atomic E-state index is -4.62. The summed E-state index contributed by atoms with van der Waals surface area (Å²) >= 11 is 11.7. The van der Waals surface area contributed by atoms with Crippen LogP contribution in [0.4, 0.5) is 13.2 Å². The summed E-state index contributed by atoms with van der Waals surface area (Å²) in [6, 6.07) is 11.3. The molecule has 0 fully saturated rings. The van der Waals surface area contributed by atoms with E-state index in [1.54, 1.807) is 24.3 Å². The fraction of sp³-hybridized carbons (Fsp3) is 0.0476. The molecule has 0 radical (unpaired) electrons. The van der Waals surface area contributed by atoms with Gasteiger partial charge in [0.1, 0.15) is 0 Å². The summed E-state index contributed by atoms with van der Waals surface area (Å²) in [5.74, 6) is 0.198. The van der Waals surface area contributed by atoms with Crippen LogP contribution in [0.2, 0.25) is 10.0 Å². The summed E-state index contributed by atoms with van der Waals surface area (Å²) in [5, 5.41) is 4.25. The molecule has 2 aromatic heterocycles. The number of aromatic nitrogens is 3. The molecule has 0 aliphatic heterocycles. The first-order chi connectivity index (χ1) is 14.7. The Balaban J connectivity index is 1.91. The maximum atomic E-state index is 13.1. The highest BCUT2D eigenvalue weighted by Gasteiger charge is 2.33. The molecule has 0 amide bonds. The Kier molecular flexibility index (Phi) is 5.51. The first-order valence-corrected chi connectivity index (χ1v) is 9.53. The van der Waals surface area contributed by atoms with Crippen molar-refractivity contribution in [2.45, 2.75) is 6.18 Å². The van der Waals surface area contributed by atoms with Gasteiger partial charge in [0.05, 0.1) is 27.7 Å². The Bertz CT molecular complexity index is 1370. The van der Waals surface area contributed by atoms with Crippen LogP contribution in [0.1, 0.15) is 11.1 Å². The van der Waals surface area contributed by atoms with Crippen LogP contribution >= 0.6 is 23.2 Å². The first kappa shape index (κ1) is 21.0. The van der Waals surface area contributed by atoms with Gasteiger partial charge in [0.25, 0.3) is 5.56 Å². The van der Waals surface area contributed by atoms with Crippen molar-refractivity contribution in [3.05, 3.63) is 92.5 Å². The molecule has 5 nitrogen and oxygen atoms in total. The van der Waals surface area contributed by atoms with E-state index in [4.69, 9.17) is 23.2 Å². The van der Waals surface area contributed by atoms with Crippen molar-refractivity contribution in [3.8, 4) is 11.4 Å². The Morgan fingerprint density at radius 1 is 1.00 bits per heavy atom. The van der Waals surface area contributed by atoms with Gasteiger partial charge in [-0.25, -0.2) is 4.98 Å². The van der Waals surface area contributed by atoms with Gasteiger partial charge in [0.15, 0.2) is 5.82 Å². The number of hydrogen-bond acceptors (Lipinski definition) is 4. The summed E-state index contributed by atoms with van der Waals surface area (Å²) in [6.45, 7) is 0. The maximum absolute atomic E-state index is 13.1. The normalized spacial score (nSPS) is 12.0. The molecular weight excluding hydrogens is 452 g/mol. The van der Waals surface area contributed by atoms with Gasteiger partial charge >= 0.3 is 6.18 Å². The van der Waals surface area contributed by atoms with Crippen molar-refractivity contribution >= 4 is 40.3 Å². The highest BCUT2D eigenvalue weighted by atomic mass is 35.5. The third-order valence-electron chi connectivity index (χ3n) is 4.36. The second-order valence-electron chi connectivity index (χ2n) is 6.43. The first-order valence-electron chi connectivity index (χ1n) is 8.78. The van der Waals surface area contributed by atoms with Crippen LogP contribution in [0.15, 0.2) is 70.8 Å². The van der Waals surface area contributed by atoms with E-state index in [1.165, 1.54) is 24.5 Å². The monoisotopic (exact) mass is 462 g/mol. The van der Waals surface area contributed by atoms with Crippen molar-refractivity contribution in [1.29, 1.82) is 0 Å². The molecule has 0 saturated carbocycles. The Hall–Kier alpha value is -3.23. The minimum Gasteiger partial charge on any atom is -0.267 e. The number of halogens is 5. The number of hydrogen-bond donors (Lipinski definition) is 0. The van der Waals surface area contributed by atoms with Gasteiger partial charge < -0.3 is 0 Å². The zero-order valence-corrected chi connectivity index (χ0v) is 16.9. The molecular formula is C21H11Cl2F3N4O. The zero-order chi connectivity index (χ0) is 22.2. The van der Waals surface area contributed by atoms with Crippen LogP contribution in [-0.4, -0.2) is 20.9 Å². The van der Waals surface area contributed by atoms with Gasteiger partial charge in [-0.1, -0.05) is 29.3 Å². The molecule has 10 heteroatoms. The van der Waals surface area contributed by atoms with E-state index in [9.17, 15) is 18.0 Å². The fourth-order valence-electron chi connectivity index (χ4n) is 2.91. The number of pyridine rings is 1. The highest BCUT2D eigenvalue weighted by Crippen LogP contribution is 2.34. The molecule has 0 atom stereocenters. The summed E-state index contributed by atoms with van der Waals surface area (Å²) in [7, 11) is 0. The molecule has 4 aromatic rings. The zero-order valence-electron chi connectivity index (χ0n) is 15.4. The molecule has 4 rings (SSSR count). The lowest BCUT2D eigenvalue weighted by molar-refractivity contribution is -0.137. The average Bonchev–Trinajstić information content (AvgIpc) is 2.74. The van der Waals surface area contributed by atoms with Crippen LogP contribution in [0, 0.1) is 0 Å². The van der Waals surface area contributed by atoms with Crippen molar-refractivity contribution in [2.75, 3.05) is 0 Å². The summed E-state index contributed by atoms with van der Waals surface area (Å²) in [5.41, 5.74) is -0.467. The highest BCUT2D eigenvalue weighted by molar-refractivity contribution is 6.31. The van der Waals surface area contributed by atoms with Gasteiger partial charge in [-0.2, -0.15) is 22.9 Å². The number of rotatable bonds is 3. The van der Waals surface area contributed by atoms with Crippen LogP contribution in [-0.2, 0) is 6.18 Å². The molecule has 0 saturated heterocycles. The van der Waals surface area contributed by atoms with Crippen molar-refractivity contribution in [2.24, 2.45) is 5.10 Å². The van der Waals surface area contributed by atoms with Crippen molar-refractivity contribution in [1.82, 2.24) is 14.6 Å². The number of nitrogens with zero attached hydrogens (tertiary/aromatic N) is 4. The predicted molar refractivity (Wildman–Crippen MR) is 114 cm³/mol. The Labute approximate surface area is 183 Å². The SMILES string of the molecule is O=c1c2cc(Cl)ccc2nc(-c2ccncc2)n1N=Cc1ccc(Cl)c(C(F)(F)F)c1. The van der Waals surface area contributed by atoms with E-state index >= 15 is 0 Å².